The SMILES string of the molecule is CC(C)(C)OC(=O)N1CC(C(CCNc2cccc(S(N)(=O)=O)n2)CCc2ccccc2)CC1(C)C. The third-order valence-corrected chi connectivity index (χ3v) is 7.48. The van der Waals surface area contributed by atoms with Gasteiger partial charge in [-0.15, -0.1) is 0 Å². The molecule has 0 aliphatic carbocycles. The van der Waals surface area contributed by atoms with Gasteiger partial charge in [0.2, 0.25) is 0 Å². The third kappa shape index (κ3) is 7.93. The first-order valence-corrected chi connectivity index (χ1v) is 14.1. The molecule has 2 heterocycles. The Kier molecular flexibility index (Phi) is 8.67. The van der Waals surface area contributed by atoms with Crippen molar-refractivity contribution in [3.63, 3.8) is 0 Å². The van der Waals surface area contributed by atoms with E-state index in [4.69, 9.17) is 9.88 Å². The van der Waals surface area contributed by atoms with Crippen LogP contribution < -0.4 is 10.5 Å². The Morgan fingerprint density at radius 2 is 1.86 bits per heavy atom. The number of rotatable bonds is 9. The van der Waals surface area contributed by atoms with Crippen LogP contribution in [0.25, 0.3) is 0 Å². The molecule has 1 amide bonds. The summed E-state index contributed by atoms with van der Waals surface area (Å²) in [6.07, 6.45) is 3.42. The molecule has 2 aromatic rings. The molecule has 36 heavy (non-hydrogen) atoms. The number of primary sulfonamides is 1. The van der Waals surface area contributed by atoms with Crippen LogP contribution in [-0.2, 0) is 21.2 Å². The van der Waals surface area contributed by atoms with E-state index >= 15 is 0 Å². The number of benzene rings is 1. The van der Waals surface area contributed by atoms with Crippen LogP contribution in [0, 0.1) is 11.8 Å². The molecule has 1 aromatic carbocycles. The zero-order valence-electron chi connectivity index (χ0n) is 22.0. The van der Waals surface area contributed by atoms with Gasteiger partial charge in [0.25, 0.3) is 10.0 Å². The van der Waals surface area contributed by atoms with Gasteiger partial charge in [-0.05, 0) is 89.8 Å². The Morgan fingerprint density at radius 3 is 2.50 bits per heavy atom. The zero-order valence-corrected chi connectivity index (χ0v) is 22.8. The first-order chi connectivity index (χ1) is 16.7. The molecular weight excluding hydrogens is 476 g/mol. The van der Waals surface area contributed by atoms with Gasteiger partial charge in [-0.2, -0.15) is 0 Å². The molecule has 9 heteroatoms. The lowest BCUT2D eigenvalue weighted by molar-refractivity contribution is 0.0129. The largest absolute Gasteiger partial charge is 0.444 e. The number of amides is 1. The van der Waals surface area contributed by atoms with Gasteiger partial charge >= 0.3 is 6.09 Å². The summed E-state index contributed by atoms with van der Waals surface area (Å²) in [7, 11) is -3.86. The van der Waals surface area contributed by atoms with Crippen molar-refractivity contribution in [1.29, 1.82) is 0 Å². The van der Waals surface area contributed by atoms with Gasteiger partial charge in [-0.3, -0.25) is 0 Å². The molecule has 0 radical (unpaired) electrons. The fourth-order valence-electron chi connectivity index (χ4n) is 4.92. The molecule has 1 saturated heterocycles. The lowest BCUT2D eigenvalue weighted by atomic mass is 9.81. The fraction of sp³-hybridized carbons (Fsp3) is 0.556. The topological polar surface area (TPSA) is 115 Å². The molecule has 0 bridgehead atoms. The normalized spacial score (nSPS) is 18.6. The minimum Gasteiger partial charge on any atom is -0.444 e. The molecule has 198 valence electrons. The quantitative estimate of drug-likeness (QED) is 0.494. The highest BCUT2D eigenvalue weighted by molar-refractivity contribution is 7.89. The van der Waals surface area contributed by atoms with Crippen LogP contribution in [0.4, 0.5) is 10.6 Å². The number of aromatic nitrogens is 1. The number of hydrogen-bond donors (Lipinski definition) is 2. The standard InChI is InChI=1S/C27H40N4O4S/c1-26(2,3)35-25(32)31-19-22(18-27(31,4)5)21(15-14-20-10-7-6-8-11-20)16-17-29-23-12-9-13-24(30-23)36(28,33)34/h6-13,21-22H,14-19H2,1-5H3,(H,29,30)(H2,28,33,34). The Hall–Kier alpha value is -2.65. The molecule has 0 spiro atoms. The average molecular weight is 517 g/mol. The number of likely N-dealkylation sites (tertiary alicyclic amines) is 1. The van der Waals surface area contributed by atoms with Gasteiger partial charge < -0.3 is 15.0 Å². The second kappa shape index (κ2) is 11.2. The minimum absolute atomic E-state index is 0.154. The van der Waals surface area contributed by atoms with Gasteiger partial charge in [0.05, 0.1) is 0 Å². The van der Waals surface area contributed by atoms with Crippen LogP contribution in [0.3, 0.4) is 0 Å². The van der Waals surface area contributed by atoms with Gasteiger partial charge in [0.1, 0.15) is 11.4 Å². The van der Waals surface area contributed by atoms with Crippen molar-refractivity contribution in [1.82, 2.24) is 9.88 Å². The van der Waals surface area contributed by atoms with Gasteiger partial charge in [-0.1, -0.05) is 36.4 Å². The van der Waals surface area contributed by atoms with Crippen LogP contribution in [0.5, 0.6) is 0 Å². The summed E-state index contributed by atoms with van der Waals surface area (Å²) in [5.41, 5.74) is 0.455. The Balaban J connectivity index is 1.71. The van der Waals surface area contributed by atoms with E-state index in [0.717, 1.165) is 25.7 Å². The maximum absolute atomic E-state index is 13.0. The molecule has 1 aromatic heterocycles. The Bertz CT molecular complexity index is 1130. The van der Waals surface area contributed by atoms with Crippen molar-refractivity contribution in [3.05, 3.63) is 54.1 Å². The van der Waals surface area contributed by atoms with Crippen LogP contribution >= 0.6 is 0 Å². The first kappa shape index (κ1) is 27.9. The van der Waals surface area contributed by atoms with E-state index in [0.29, 0.717) is 30.7 Å². The van der Waals surface area contributed by atoms with Crippen molar-refractivity contribution in [2.45, 2.75) is 76.5 Å². The summed E-state index contributed by atoms with van der Waals surface area (Å²) >= 11 is 0. The summed E-state index contributed by atoms with van der Waals surface area (Å²) in [6.45, 7) is 11.2. The maximum Gasteiger partial charge on any atom is 0.410 e. The first-order valence-electron chi connectivity index (χ1n) is 12.5. The highest BCUT2D eigenvalue weighted by Gasteiger charge is 2.45. The number of aryl methyl sites for hydroxylation is 1. The summed E-state index contributed by atoms with van der Waals surface area (Å²) in [6, 6.07) is 15.2. The summed E-state index contributed by atoms with van der Waals surface area (Å²) in [5.74, 6) is 1.15. The van der Waals surface area contributed by atoms with Crippen LogP contribution in [0.2, 0.25) is 0 Å². The van der Waals surface area contributed by atoms with Gasteiger partial charge in [0.15, 0.2) is 5.03 Å². The number of nitrogens with zero attached hydrogens (tertiary/aromatic N) is 2. The molecule has 2 atom stereocenters. The lowest BCUT2D eigenvalue weighted by Gasteiger charge is -2.33. The lowest BCUT2D eigenvalue weighted by Crippen LogP contribution is -2.45. The zero-order chi connectivity index (χ0) is 26.6. The predicted octanol–water partition coefficient (Wildman–Crippen LogP) is 4.82. The van der Waals surface area contributed by atoms with Crippen LogP contribution in [0.1, 0.15) is 59.4 Å². The molecule has 1 aliphatic rings. The molecule has 8 nitrogen and oxygen atoms in total. The van der Waals surface area contributed by atoms with E-state index in [1.807, 2.05) is 31.7 Å². The molecule has 1 fully saturated rings. The van der Waals surface area contributed by atoms with E-state index < -0.39 is 15.6 Å². The number of pyridine rings is 1. The fourth-order valence-corrected chi connectivity index (χ4v) is 5.42. The monoisotopic (exact) mass is 516 g/mol. The Labute approximate surface area is 215 Å². The van der Waals surface area contributed by atoms with E-state index in [9.17, 15) is 13.2 Å². The number of nitrogens with one attached hydrogen (secondary N) is 1. The predicted molar refractivity (Wildman–Crippen MR) is 142 cm³/mol. The second-order valence-electron chi connectivity index (χ2n) is 11.3. The van der Waals surface area contributed by atoms with Crippen molar-refractivity contribution in [2.24, 2.45) is 17.0 Å². The number of anilines is 1. The molecule has 1 aliphatic heterocycles. The molecule has 3 rings (SSSR count). The summed E-state index contributed by atoms with van der Waals surface area (Å²) < 4.78 is 29.0. The highest BCUT2D eigenvalue weighted by Crippen LogP contribution is 2.40. The van der Waals surface area contributed by atoms with E-state index in [-0.39, 0.29) is 16.7 Å². The third-order valence-electron chi connectivity index (χ3n) is 6.67. The van der Waals surface area contributed by atoms with E-state index in [2.05, 4.69) is 48.4 Å². The molecule has 3 N–H and O–H groups in total. The van der Waals surface area contributed by atoms with Gasteiger partial charge in [0, 0.05) is 18.6 Å². The van der Waals surface area contributed by atoms with E-state index in [1.165, 1.54) is 11.6 Å². The van der Waals surface area contributed by atoms with Crippen LogP contribution in [-0.4, -0.2) is 48.6 Å². The molecular formula is C27H40N4O4S. The smallest absolute Gasteiger partial charge is 0.410 e. The number of hydrogen-bond acceptors (Lipinski definition) is 6. The summed E-state index contributed by atoms with van der Waals surface area (Å²) in [5, 5.41) is 8.33. The molecule has 2 unspecified atom stereocenters. The van der Waals surface area contributed by atoms with Crippen molar-refractivity contribution in [3.8, 4) is 0 Å². The second-order valence-corrected chi connectivity index (χ2v) is 12.8. The average Bonchev–Trinajstić information content (AvgIpc) is 3.10. The van der Waals surface area contributed by atoms with Crippen LogP contribution in [0.15, 0.2) is 53.6 Å². The number of ether oxygens (including phenoxy) is 1. The minimum atomic E-state index is -3.86. The number of nitrogens with two attached hydrogens (primary N) is 1. The van der Waals surface area contributed by atoms with Crippen molar-refractivity contribution < 1.29 is 17.9 Å². The number of carbonyl (C=O) groups is 1. The number of carbonyl (C=O) groups excluding carboxylic acids is 1. The van der Waals surface area contributed by atoms with Crippen molar-refractivity contribution in [2.75, 3.05) is 18.4 Å². The highest BCUT2D eigenvalue weighted by atomic mass is 32.2. The van der Waals surface area contributed by atoms with Crippen molar-refractivity contribution >= 4 is 21.9 Å². The molecule has 0 saturated carbocycles. The Morgan fingerprint density at radius 1 is 1.17 bits per heavy atom. The summed E-state index contributed by atoms with van der Waals surface area (Å²) in [4.78, 5) is 19.0. The van der Waals surface area contributed by atoms with Gasteiger partial charge in [-0.25, -0.2) is 23.3 Å². The number of sulfonamides is 1. The maximum atomic E-state index is 13.0. The van der Waals surface area contributed by atoms with E-state index in [1.54, 1.807) is 12.1 Å².